The lowest BCUT2D eigenvalue weighted by molar-refractivity contribution is -0.151. The monoisotopic (exact) mass is 313 g/mol. The van der Waals surface area contributed by atoms with Crippen molar-refractivity contribution in [1.82, 2.24) is 5.06 Å². The van der Waals surface area contributed by atoms with Gasteiger partial charge in [0, 0.05) is 13.1 Å². The molecule has 22 heavy (non-hydrogen) atoms. The van der Waals surface area contributed by atoms with Crippen molar-refractivity contribution in [1.29, 1.82) is 0 Å². The second-order valence-corrected chi connectivity index (χ2v) is 6.54. The summed E-state index contributed by atoms with van der Waals surface area (Å²) in [5.41, 5.74) is 0. The van der Waals surface area contributed by atoms with E-state index in [2.05, 4.69) is 25.8 Å². The Morgan fingerprint density at radius 2 is 0.955 bits per heavy atom. The molecule has 0 aliphatic heterocycles. The molecule has 0 saturated heterocycles. The highest BCUT2D eigenvalue weighted by Gasteiger charge is 2.00. The van der Waals surface area contributed by atoms with Crippen molar-refractivity contribution >= 4 is 0 Å². The molecule has 2 heteroatoms. The maximum absolute atomic E-state index is 5.54. The summed E-state index contributed by atoms with van der Waals surface area (Å²) in [7, 11) is 0. The van der Waals surface area contributed by atoms with Crippen LogP contribution < -0.4 is 0 Å². The molecule has 0 rings (SSSR count). The molecule has 2 nitrogen and oxygen atoms in total. The predicted molar refractivity (Wildman–Crippen MR) is 99.2 cm³/mol. The summed E-state index contributed by atoms with van der Waals surface area (Å²) in [6.07, 6.45) is 19.9. The Hall–Kier alpha value is -0.0800. The van der Waals surface area contributed by atoms with Gasteiger partial charge in [0.05, 0.1) is 6.61 Å². The van der Waals surface area contributed by atoms with Gasteiger partial charge in [0.2, 0.25) is 0 Å². The van der Waals surface area contributed by atoms with Crippen LogP contribution in [0, 0.1) is 0 Å². The summed E-state index contributed by atoms with van der Waals surface area (Å²) >= 11 is 0. The normalized spacial score (nSPS) is 11.5. The lowest BCUT2D eigenvalue weighted by atomic mass is 10.0. The zero-order chi connectivity index (χ0) is 16.3. The van der Waals surface area contributed by atoms with Gasteiger partial charge in [-0.2, -0.15) is 5.06 Å². The van der Waals surface area contributed by atoms with E-state index in [1.807, 2.05) is 0 Å². The average molecular weight is 314 g/mol. The molecule has 0 amide bonds. The lowest BCUT2D eigenvalue weighted by Gasteiger charge is -2.18. The maximum Gasteiger partial charge on any atom is 0.0656 e. The third-order valence-electron chi connectivity index (χ3n) is 4.43. The first-order valence-corrected chi connectivity index (χ1v) is 10.2. The summed E-state index contributed by atoms with van der Waals surface area (Å²) in [6.45, 7) is 9.42. The van der Waals surface area contributed by atoms with E-state index < -0.39 is 0 Å². The van der Waals surface area contributed by atoms with E-state index in [4.69, 9.17) is 4.84 Å². The van der Waals surface area contributed by atoms with Crippen molar-refractivity contribution in [2.75, 3.05) is 19.7 Å². The van der Waals surface area contributed by atoms with E-state index in [9.17, 15) is 0 Å². The molecule has 0 N–H and O–H groups in total. The molecule has 0 unspecified atom stereocenters. The first kappa shape index (κ1) is 21.9. The number of nitrogens with zero attached hydrogens (tertiary/aromatic N) is 1. The Morgan fingerprint density at radius 1 is 0.545 bits per heavy atom. The zero-order valence-electron chi connectivity index (χ0n) is 15.9. The van der Waals surface area contributed by atoms with Crippen LogP contribution in [0.15, 0.2) is 0 Å². The zero-order valence-corrected chi connectivity index (χ0v) is 15.9. The highest BCUT2D eigenvalue weighted by Crippen LogP contribution is 2.13. The van der Waals surface area contributed by atoms with Crippen molar-refractivity contribution in [3.63, 3.8) is 0 Å². The Morgan fingerprint density at radius 3 is 1.32 bits per heavy atom. The van der Waals surface area contributed by atoms with E-state index in [0.29, 0.717) is 0 Å². The molecule has 0 radical (unpaired) electrons. The summed E-state index contributed by atoms with van der Waals surface area (Å²) < 4.78 is 0. The fourth-order valence-corrected chi connectivity index (χ4v) is 2.98. The molecule has 0 aromatic rings. The van der Waals surface area contributed by atoms with Crippen molar-refractivity contribution < 1.29 is 4.84 Å². The highest BCUT2D eigenvalue weighted by atomic mass is 16.7. The standard InChI is InChI=1S/C20H43NO/c1-4-7-8-9-10-11-12-13-14-15-16-17-18-19-20-21(5-2)22-6-3/h4-20H2,1-3H3. The van der Waals surface area contributed by atoms with Crippen molar-refractivity contribution in [3.8, 4) is 0 Å². The van der Waals surface area contributed by atoms with Gasteiger partial charge in [-0.25, -0.2) is 0 Å². The Balaban J connectivity index is 3.08. The van der Waals surface area contributed by atoms with Gasteiger partial charge < -0.3 is 0 Å². The van der Waals surface area contributed by atoms with Crippen molar-refractivity contribution in [2.45, 2.75) is 111 Å². The molecule has 134 valence electrons. The molecule has 0 bridgehead atoms. The molecule has 0 saturated carbocycles. The third-order valence-corrected chi connectivity index (χ3v) is 4.43. The van der Waals surface area contributed by atoms with Gasteiger partial charge in [-0.1, -0.05) is 97.3 Å². The molecular formula is C20H43NO. The quantitative estimate of drug-likeness (QED) is 0.205. The molecule has 0 aromatic carbocycles. The topological polar surface area (TPSA) is 12.5 Å². The summed E-state index contributed by atoms with van der Waals surface area (Å²) in [4.78, 5) is 5.54. The van der Waals surface area contributed by atoms with Crippen LogP contribution in [-0.4, -0.2) is 24.8 Å². The van der Waals surface area contributed by atoms with Crippen LogP contribution in [0.5, 0.6) is 0 Å². The molecule has 0 aliphatic carbocycles. The first-order valence-electron chi connectivity index (χ1n) is 10.2. The summed E-state index contributed by atoms with van der Waals surface area (Å²) in [5.74, 6) is 0. The number of rotatable bonds is 18. The van der Waals surface area contributed by atoms with Gasteiger partial charge in [-0.15, -0.1) is 0 Å². The second-order valence-electron chi connectivity index (χ2n) is 6.54. The van der Waals surface area contributed by atoms with Gasteiger partial charge in [-0.3, -0.25) is 4.84 Å². The van der Waals surface area contributed by atoms with E-state index in [0.717, 1.165) is 19.7 Å². The number of unbranched alkanes of at least 4 members (excludes halogenated alkanes) is 13. The fraction of sp³-hybridized carbons (Fsp3) is 1.00. The molecule has 0 atom stereocenters. The van der Waals surface area contributed by atoms with Gasteiger partial charge in [0.15, 0.2) is 0 Å². The maximum atomic E-state index is 5.54. The van der Waals surface area contributed by atoms with Crippen LogP contribution in [-0.2, 0) is 4.84 Å². The van der Waals surface area contributed by atoms with Crippen molar-refractivity contribution in [3.05, 3.63) is 0 Å². The minimum Gasteiger partial charge on any atom is -0.299 e. The van der Waals surface area contributed by atoms with Crippen LogP contribution in [0.4, 0.5) is 0 Å². The van der Waals surface area contributed by atoms with Gasteiger partial charge >= 0.3 is 0 Å². The highest BCUT2D eigenvalue weighted by molar-refractivity contribution is 4.50. The minimum atomic E-state index is 0.798. The average Bonchev–Trinajstić information content (AvgIpc) is 2.54. The molecule has 0 aromatic heterocycles. The van der Waals surface area contributed by atoms with E-state index in [1.54, 1.807) is 0 Å². The number of hydroxylamine groups is 2. The Kier molecular flexibility index (Phi) is 18.9. The molecule has 0 spiro atoms. The SMILES string of the molecule is CCCCCCCCCCCCCCCCN(CC)OCC. The predicted octanol–water partition coefficient (Wildman–Crippen LogP) is 6.74. The van der Waals surface area contributed by atoms with Gasteiger partial charge in [0.1, 0.15) is 0 Å². The van der Waals surface area contributed by atoms with E-state index in [-0.39, 0.29) is 0 Å². The number of hydrogen-bond donors (Lipinski definition) is 0. The van der Waals surface area contributed by atoms with E-state index in [1.165, 1.54) is 89.9 Å². The van der Waals surface area contributed by atoms with Crippen molar-refractivity contribution in [2.24, 2.45) is 0 Å². The van der Waals surface area contributed by atoms with Crippen LogP contribution in [0.2, 0.25) is 0 Å². The largest absolute Gasteiger partial charge is 0.299 e. The molecule has 0 heterocycles. The van der Waals surface area contributed by atoms with Gasteiger partial charge in [-0.05, 0) is 13.3 Å². The van der Waals surface area contributed by atoms with Gasteiger partial charge in [0.25, 0.3) is 0 Å². The minimum absolute atomic E-state index is 0.798. The molecular weight excluding hydrogens is 270 g/mol. The molecule has 0 fully saturated rings. The second kappa shape index (κ2) is 19.0. The van der Waals surface area contributed by atoms with E-state index >= 15 is 0 Å². The summed E-state index contributed by atoms with van der Waals surface area (Å²) in [5, 5.41) is 2.10. The Labute approximate surface area is 141 Å². The Bertz CT molecular complexity index is 196. The lowest BCUT2D eigenvalue weighted by Crippen LogP contribution is -2.24. The van der Waals surface area contributed by atoms with Crippen LogP contribution in [0.25, 0.3) is 0 Å². The van der Waals surface area contributed by atoms with Crippen LogP contribution in [0.1, 0.15) is 111 Å². The smallest absolute Gasteiger partial charge is 0.0656 e. The molecule has 0 aliphatic rings. The first-order chi connectivity index (χ1) is 10.8. The third kappa shape index (κ3) is 16.3. The number of hydrogen-bond acceptors (Lipinski definition) is 2. The van der Waals surface area contributed by atoms with Crippen LogP contribution >= 0.6 is 0 Å². The van der Waals surface area contributed by atoms with Crippen LogP contribution in [0.3, 0.4) is 0 Å². The fourth-order valence-electron chi connectivity index (χ4n) is 2.98. The summed E-state index contributed by atoms with van der Waals surface area (Å²) in [6, 6.07) is 0.